The predicted molar refractivity (Wildman–Crippen MR) is 69.7 cm³/mol. The summed E-state index contributed by atoms with van der Waals surface area (Å²) < 4.78 is 0. The minimum atomic E-state index is 0.394. The van der Waals surface area contributed by atoms with Crippen LogP contribution in [-0.4, -0.2) is 54.1 Å². The Labute approximate surface area is 103 Å². The monoisotopic (exact) mass is 234 g/mol. The normalized spacial score (nSPS) is 24.8. The van der Waals surface area contributed by atoms with Crippen LogP contribution < -0.4 is 5.73 Å². The summed E-state index contributed by atoms with van der Waals surface area (Å²) in [7, 11) is 2.16. The maximum absolute atomic E-state index is 5.89. The number of aromatic nitrogens is 1. The van der Waals surface area contributed by atoms with Crippen molar-refractivity contribution in [2.75, 3.05) is 33.2 Å². The first kappa shape index (κ1) is 12.5. The summed E-state index contributed by atoms with van der Waals surface area (Å²) >= 11 is 0. The van der Waals surface area contributed by atoms with E-state index in [0.717, 1.165) is 26.2 Å². The summed E-state index contributed by atoms with van der Waals surface area (Å²) in [4.78, 5) is 9.05. The minimum absolute atomic E-state index is 0.394. The topological polar surface area (TPSA) is 45.4 Å². The lowest BCUT2D eigenvalue weighted by Crippen LogP contribution is -2.55. The molecule has 2 rings (SSSR count). The molecule has 2 N–H and O–H groups in total. The van der Waals surface area contributed by atoms with Crippen LogP contribution in [0.2, 0.25) is 0 Å². The highest BCUT2D eigenvalue weighted by molar-refractivity contribution is 5.14. The molecular formula is C13H22N4. The van der Waals surface area contributed by atoms with E-state index in [9.17, 15) is 0 Å². The van der Waals surface area contributed by atoms with Gasteiger partial charge in [0.05, 0.1) is 0 Å². The number of hydrogen-bond acceptors (Lipinski definition) is 4. The van der Waals surface area contributed by atoms with Gasteiger partial charge in [-0.05, 0) is 25.6 Å². The van der Waals surface area contributed by atoms with E-state index in [1.807, 2.05) is 18.5 Å². The third-order valence-corrected chi connectivity index (χ3v) is 3.67. The molecule has 4 nitrogen and oxygen atoms in total. The van der Waals surface area contributed by atoms with E-state index in [0.29, 0.717) is 12.1 Å². The summed E-state index contributed by atoms with van der Waals surface area (Å²) in [5, 5.41) is 0. The number of nitrogens with zero attached hydrogens (tertiary/aromatic N) is 3. The van der Waals surface area contributed by atoms with Crippen LogP contribution in [0.15, 0.2) is 24.5 Å². The quantitative estimate of drug-likeness (QED) is 0.837. The number of hydrogen-bond donors (Lipinski definition) is 1. The molecule has 1 saturated heterocycles. The van der Waals surface area contributed by atoms with Crippen molar-refractivity contribution in [3.8, 4) is 0 Å². The largest absolute Gasteiger partial charge is 0.329 e. The summed E-state index contributed by atoms with van der Waals surface area (Å²) in [5.74, 6) is 0. The zero-order valence-electron chi connectivity index (χ0n) is 10.7. The standard InChI is InChI=1S/C13H22N4/c1-11(12-4-3-5-15-9-12)17-7-6-16(2)10-13(17)8-14/h3-5,9,11,13H,6-8,10,14H2,1-2H3. The Morgan fingerprint density at radius 2 is 2.35 bits per heavy atom. The first-order valence-corrected chi connectivity index (χ1v) is 6.26. The molecule has 0 spiro atoms. The van der Waals surface area contributed by atoms with E-state index in [1.54, 1.807) is 0 Å². The Morgan fingerprint density at radius 1 is 1.53 bits per heavy atom. The Kier molecular flexibility index (Phi) is 4.10. The van der Waals surface area contributed by atoms with Crippen LogP contribution in [0.3, 0.4) is 0 Å². The van der Waals surface area contributed by atoms with Crippen LogP contribution in [-0.2, 0) is 0 Å². The lowest BCUT2D eigenvalue weighted by atomic mass is 10.0. The third-order valence-electron chi connectivity index (χ3n) is 3.67. The van der Waals surface area contributed by atoms with Gasteiger partial charge in [-0.2, -0.15) is 0 Å². The van der Waals surface area contributed by atoms with Gasteiger partial charge in [0.1, 0.15) is 0 Å². The molecule has 1 aromatic heterocycles. The van der Waals surface area contributed by atoms with Crippen LogP contribution in [0.5, 0.6) is 0 Å². The van der Waals surface area contributed by atoms with E-state index in [2.05, 4.69) is 34.8 Å². The maximum Gasteiger partial charge on any atom is 0.0352 e. The molecule has 1 aliphatic rings. The highest BCUT2D eigenvalue weighted by Gasteiger charge is 2.28. The zero-order chi connectivity index (χ0) is 12.3. The van der Waals surface area contributed by atoms with Crippen LogP contribution in [0, 0.1) is 0 Å². The molecule has 0 radical (unpaired) electrons. The zero-order valence-corrected chi connectivity index (χ0v) is 10.7. The molecule has 4 heteroatoms. The van der Waals surface area contributed by atoms with Crippen LogP contribution in [0.25, 0.3) is 0 Å². The molecular weight excluding hydrogens is 212 g/mol. The lowest BCUT2D eigenvalue weighted by molar-refractivity contribution is 0.0620. The average molecular weight is 234 g/mol. The Bertz CT molecular complexity index is 341. The second-order valence-corrected chi connectivity index (χ2v) is 4.85. The first-order valence-electron chi connectivity index (χ1n) is 6.26. The van der Waals surface area contributed by atoms with Gasteiger partial charge in [-0.25, -0.2) is 0 Å². The van der Waals surface area contributed by atoms with Gasteiger partial charge in [-0.3, -0.25) is 9.88 Å². The van der Waals surface area contributed by atoms with Gasteiger partial charge in [-0.15, -0.1) is 0 Å². The Hall–Kier alpha value is -0.970. The molecule has 1 fully saturated rings. The Morgan fingerprint density at radius 3 is 3.00 bits per heavy atom. The first-order chi connectivity index (χ1) is 8.22. The van der Waals surface area contributed by atoms with Crippen molar-refractivity contribution in [3.05, 3.63) is 30.1 Å². The summed E-state index contributed by atoms with van der Waals surface area (Å²) in [6.07, 6.45) is 3.77. The van der Waals surface area contributed by atoms with E-state index >= 15 is 0 Å². The van der Waals surface area contributed by atoms with Crippen molar-refractivity contribution in [1.82, 2.24) is 14.8 Å². The second-order valence-electron chi connectivity index (χ2n) is 4.85. The molecule has 1 aliphatic heterocycles. The predicted octanol–water partition coefficient (Wildman–Crippen LogP) is 0.717. The van der Waals surface area contributed by atoms with Gasteiger partial charge in [0, 0.05) is 50.7 Å². The van der Waals surface area contributed by atoms with Crippen molar-refractivity contribution >= 4 is 0 Å². The van der Waals surface area contributed by atoms with Crippen molar-refractivity contribution in [2.24, 2.45) is 5.73 Å². The molecule has 17 heavy (non-hydrogen) atoms. The smallest absolute Gasteiger partial charge is 0.0352 e. The third kappa shape index (κ3) is 2.83. The molecule has 0 bridgehead atoms. The highest BCUT2D eigenvalue weighted by Crippen LogP contribution is 2.23. The van der Waals surface area contributed by atoms with Crippen molar-refractivity contribution < 1.29 is 0 Å². The van der Waals surface area contributed by atoms with E-state index in [-0.39, 0.29) is 0 Å². The number of piperazine rings is 1. The van der Waals surface area contributed by atoms with Crippen LogP contribution >= 0.6 is 0 Å². The fourth-order valence-corrected chi connectivity index (χ4v) is 2.56. The molecule has 0 amide bonds. The summed E-state index contributed by atoms with van der Waals surface area (Å²) in [5.41, 5.74) is 7.16. The van der Waals surface area contributed by atoms with Crippen LogP contribution in [0.4, 0.5) is 0 Å². The molecule has 1 aromatic rings. The van der Waals surface area contributed by atoms with Crippen molar-refractivity contribution in [1.29, 1.82) is 0 Å². The maximum atomic E-state index is 5.89. The fourth-order valence-electron chi connectivity index (χ4n) is 2.56. The lowest BCUT2D eigenvalue weighted by Gasteiger charge is -2.42. The van der Waals surface area contributed by atoms with Gasteiger partial charge in [0.2, 0.25) is 0 Å². The number of pyridine rings is 1. The van der Waals surface area contributed by atoms with Crippen LogP contribution in [0.1, 0.15) is 18.5 Å². The summed E-state index contributed by atoms with van der Waals surface area (Å²) in [6.45, 7) is 6.20. The van der Waals surface area contributed by atoms with Gasteiger partial charge in [0.25, 0.3) is 0 Å². The molecule has 94 valence electrons. The van der Waals surface area contributed by atoms with Gasteiger partial charge in [-0.1, -0.05) is 6.07 Å². The van der Waals surface area contributed by atoms with Gasteiger partial charge in [0.15, 0.2) is 0 Å². The highest BCUT2D eigenvalue weighted by atomic mass is 15.3. The molecule has 2 unspecified atom stereocenters. The van der Waals surface area contributed by atoms with Gasteiger partial charge < -0.3 is 10.6 Å². The van der Waals surface area contributed by atoms with E-state index in [4.69, 9.17) is 5.73 Å². The average Bonchev–Trinajstić information content (AvgIpc) is 2.39. The van der Waals surface area contributed by atoms with Gasteiger partial charge >= 0.3 is 0 Å². The fraction of sp³-hybridized carbons (Fsp3) is 0.615. The summed E-state index contributed by atoms with van der Waals surface area (Å²) in [6, 6.07) is 4.98. The number of likely N-dealkylation sites (N-methyl/N-ethyl adjacent to an activating group) is 1. The Balaban J connectivity index is 2.10. The van der Waals surface area contributed by atoms with Crippen molar-refractivity contribution in [2.45, 2.75) is 19.0 Å². The number of rotatable bonds is 3. The van der Waals surface area contributed by atoms with E-state index in [1.165, 1.54) is 5.56 Å². The minimum Gasteiger partial charge on any atom is -0.329 e. The molecule has 0 saturated carbocycles. The molecule has 2 atom stereocenters. The molecule has 0 aliphatic carbocycles. The molecule has 0 aromatic carbocycles. The van der Waals surface area contributed by atoms with Crippen molar-refractivity contribution in [3.63, 3.8) is 0 Å². The SMILES string of the molecule is CC(c1cccnc1)N1CCN(C)CC1CN. The second kappa shape index (κ2) is 5.58. The molecule has 2 heterocycles. The number of nitrogens with two attached hydrogens (primary N) is 1. The van der Waals surface area contributed by atoms with E-state index < -0.39 is 0 Å².